The largest absolute Gasteiger partial charge is 0.453 e. The second-order valence-corrected chi connectivity index (χ2v) is 11.8. The minimum Gasteiger partial charge on any atom is -0.374 e. The molecule has 1 saturated carbocycles. The summed E-state index contributed by atoms with van der Waals surface area (Å²) in [6.45, 7) is 3.71. The molecule has 0 amide bonds. The molecule has 3 fully saturated rings. The van der Waals surface area contributed by atoms with E-state index in [1.165, 1.54) is 25.0 Å². The number of tetrazole rings is 1. The number of thioether (sulfide) groups is 1. The number of alkyl halides is 3. The number of hydrogen-bond donors (Lipinski definition) is 0. The molecule has 6 nitrogen and oxygen atoms in total. The minimum atomic E-state index is -4.67. The van der Waals surface area contributed by atoms with Gasteiger partial charge in [0.05, 0.1) is 17.9 Å². The molecule has 0 radical (unpaired) electrons. The number of ether oxygens (including phenoxy) is 1. The first-order valence-electron chi connectivity index (χ1n) is 13.4. The summed E-state index contributed by atoms with van der Waals surface area (Å²) in [6, 6.07) is 12.1. The van der Waals surface area contributed by atoms with E-state index >= 15 is 0 Å². The second-order valence-electron chi connectivity index (χ2n) is 11.0. The van der Waals surface area contributed by atoms with Crippen LogP contribution in [0.2, 0.25) is 0 Å². The number of nitrogens with zero attached hydrogens (tertiary/aromatic N) is 5. The molecule has 3 aromatic rings. The summed E-state index contributed by atoms with van der Waals surface area (Å²) < 4.78 is 61.9. The fourth-order valence-electron chi connectivity index (χ4n) is 7.02. The van der Waals surface area contributed by atoms with Crippen molar-refractivity contribution in [2.45, 2.75) is 60.6 Å². The van der Waals surface area contributed by atoms with Crippen molar-refractivity contribution in [2.24, 2.45) is 5.92 Å². The predicted molar refractivity (Wildman–Crippen MR) is 147 cm³/mol. The quantitative estimate of drug-likeness (QED) is 0.239. The number of aromatic nitrogens is 4. The summed E-state index contributed by atoms with van der Waals surface area (Å²) in [5.74, 6) is -0.877. The molecule has 2 aliphatic heterocycles. The van der Waals surface area contributed by atoms with Crippen molar-refractivity contribution in [3.8, 4) is 5.69 Å². The Labute approximate surface area is 241 Å². The van der Waals surface area contributed by atoms with E-state index in [1.807, 2.05) is 24.5 Å². The Hall–Kier alpha value is -2.21. The van der Waals surface area contributed by atoms with Crippen molar-refractivity contribution >= 4 is 24.2 Å². The Morgan fingerprint density at radius 1 is 1.10 bits per heavy atom. The van der Waals surface area contributed by atoms with Gasteiger partial charge in [-0.25, -0.2) is 4.39 Å². The van der Waals surface area contributed by atoms with E-state index in [4.69, 9.17) is 4.74 Å². The van der Waals surface area contributed by atoms with E-state index < -0.39 is 17.6 Å². The number of hydrogen-bond acceptors (Lipinski definition) is 6. The molecule has 0 unspecified atom stereocenters. The Morgan fingerprint density at radius 3 is 2.55 bits per heavy atom. The summed E-state index contributed by atoms with van der Waals surface area (Å²) >= 11 is 1.56. The van der Waals surface area contributed by atoms with Crippen LogP contribution in [-0.2, 0) is 10.9 Å². The van der Waals surface area contributed by atoms with Crippen LogP contribution in [0.5, 0.6) is 0 Å². The molecule has 40 heavy (non-hydrogen) atoms. The maximum absolute atomic E-state index is 13.9. The topological polar surface area (TPSA) is 56.1 Å². The number of halogens is 5. The Morgan fingerprint density at radius 2 is 1.85 bits per heavy atom. The van der Waals surface area contributed by atoms with Crippen molar-refractivity contribution < 1.29 is 22.3 Å². The summed E-state index contributed by atoms with van der Waals surface area (Å²) in [6.07, 6.45) is 2.43. The molecule has 2 aromatic carbocycles. The molecular formula is C28H32ClF4N5OS. The highest BCUT2D eigenvalue weighted by Crippen LogP contribution is 2.57. The lowest BCUT2D eigenvalue weighted by Gasteiger charge is -2.35. The standard InChI is InChI=1S/C28H31F4N5OS.ClH/c1-39-24-9-8-22(37-26(28(30,31)32)33-34-35-37)14-23(24)20-15-27(38-17-20)11-10-19(16-36-12-2-3-13-36)25(27)18-4-6-21(29)7-5-18;/h4-9,14,19-20,25H,2-3,10-13,15-17H2,1H3;1H/t19-,20-,25-,27-;/m1./s1. The minimum absolute atomic E-state index is 0. The highest BCUT2D eigenvalue weighted by molar-refractivity contribution is 7.98. The smallest absolute Gasteiger partial charge is 0.374 e. The predicted octanol–water partition coefficient (Wildman–Crippen LogP) is 6.50. The van der Waals surface area contributed by atoms with Gasteiger partial charge in [0, 0.05) is 23.3 Å². The number of likely N-dealkylation sites (tertiary alicyclic amines) is 1. The monoisotopic (exact) mass is 597 g/mol. The first kappa shape index (κ1) is 29.3. The van der Waals surface area contributed by atoms with Gasteiger partial charge in [-0.2, -0.15) is 17.9 Å². The molecule has 216 valence electrons. The maximum atomic E-state index is 13.9. The molecule has 3 heterocycles. The highest BCUT2D eigenvalue weighted by Gasteiger charge is 2.54. The van der Waals surface area contributed by atoms with E-state index in [0.29, 0.717) is 12.5 Å². The van der Waals surface area contributed by atoms with Gasteiger partial charge in [0.25, 0.3) is 5.82 Å². The zero-order valence-corrected chi connectivity index (χ0v) is 23.7. The van der Waals surface area contributed by atoms with Crippen LogP contribution in [0, 0.1) is 11.7 Å². The lowest BCUT2D eigenvalue weighted by Crippen LogP contribution is -2.36. The third-order valence-electron chi connectivity index (χ3n) is 8.68. The van der Waals surface area contributed by atoms with E-state index in [1.54, 1.807) is 23.9 Å². The molecule has 12 heteroatoms. The van der Waals surface area contributed by atoms with Crippen LogP contribution >= 0.6 is 24.2 Å². The van der Waals surface area contributed by atoms with Crippen LogP contribution in [-0.4, -0.2) is 63.2 Å². The van der Waals surface area contributed by atoms with Gasteiger partial charge in [0.15, 0.2) is 0 Å². The normalized spacial score (nSPS) is 27.0. The fourth-order valence-corrected chi connectivity index (χ4v) is 7.69. The fraction of sp³-hybridized carbons (Fsp3) is 0.536. The molecular weight excluding hydrogens is 566 g/mol. The van der Waals surface area contributed by atoms with Crippen molar-refractivity contribution in [1.29, 1.82) is 0 Å². The van der Waals surface area contributed by atoms with Gasteiger partial charge < -0.3 is 9.64 Å². The number of benzene rings is 2. The molecule has 1 spiro atoms. The lowest BCUT2D eigenvalue weighted by atomic mass is 9.76. The maximum Gasteiger partial charge on any atom is 0.453 e. The molecule has 3 aliphatic rings. The van der Waals surface area contributed by atoms with Crippen molar-refractivity contribution in [3.05, 3.63) is 65.2 Å². The van der Waals surface area contributed by atoms with Crippen LogP contribution in [0.1, 0.15) is 60.9 Å². The van der Waals surface area contributed by atoms with Gasteiger partial charge in [0.2, 0.25) is 0 Å². The summed E-state index contributed by atoms with van der Waals surface area (Å²) in [5, 5.41) is 10.1. The first-order valence-corrected chi connectivity index (χ1v) is 14.7. The van der Waals surface area contributed by atoms with Crippen molar-refractivity contribution in [2.75, 3.05) is 32.5 Å². The van der Waals surface area contributed by atoms with E-state index in [2.05, 4.69) is 20.4 Å². The van der Waals surface area contributed by atoms with Crippen molar-refractivity contribution in [1.82, 2.24) is 25.1 Å². The summed E-state index contributed by atoms with van der Waals surface area (Å²) in [7, 11) is 0. The molecule has 1 aliphatic carbocycles. The van der Waals surface area contributed by atoms with E-state index in [-0.39, 0.29) is 35.7 Å². The highest BCUT2D eigenvalue weighted by atomic mass is 35.5. The Balaban J connectivity index is 0.00000323. The molecule has 2 saturated heterocycles. The SMILES string of the molecule is CSc1ccc(-n2nnnc2C(F)(F)F)cc1[C@H]1CO[C@]2(CC[C@H](CN3CCCC3)[C@H]2c2ccc(F)cc2)C1.Cl. The van der Waals surface area contributed by atoms with Gasteiger partial charge in [-0.15, -0.1) is 29.3 Å². The van der Waals surface area contributed by atoms with Crippen LogP contribution in [0.3, 0.4) is 0 Å². The Bertz CT molecular complexity index is 1320. The van der Waals surface area contributed by atoms with Crippen LogP contribution < -0.4 is 0 Å². The zero-order chi connectivity index (χ0) is 27.2. The zero-order valence-electron chi connectivity index (χ0n) is 22.1. The molecule has 0 bridgehead atoms. The summed E-state index contributed by atoms with van der Waals surface area (Å²) in [5.41, 5.74) is 1.92. The summed E-state index contributed by atoms with van der Waals surface area (Å²) in [4.78, 5) is 3.53. The molecule has 4 atom stereocenters. The van der Waals surface area contributed by atoms with Gasteiger partial charge in [-0.05, 0) is 109 Å². The van der Waals surface area contributed by atoms with Crippen LogP contribution in [0.25, 0.3) is 5.69 Å². The van der Waals surface area contributed by atoms with Gasteiger partial charge in [0.1, 0.15) is 5.82 Å². The van der Waals surface area contributed by atoms with Gasteiger partial charge in [-0.3, -0.25) is 0 Å². The van der Waals surface area contributed by atoms with Crippen molar-refractivity contribution in [3.63, 3.8) is 0 Å². The number of rotatable bonds is 6. The van der Waals surface area contributed by atoms with E-state index in [9.17, 15) is 17.6 Å². The second kappa shape index (κ2) is 11.6. The van der Waals surface area contributed by atoms with E-state index in [0.717, 1.165) is 59.6 Å². The first-order chi connectivity index (χ1) is 18.8. The molecule has 6 rings (SSSR count). The van der Waals surface area contributed by atoms with Gasteiger partial charge >= 0.3 is 6.18 Å². The molecule has 1 aromatic heterocycles. The lowest BCUT2D eigenvalue weighted by molar-refractivity contribution is -0.146. The third-order valence-corrected chi connectivity index (χ3v) is 9.49. The van der Waals surface area contributed by atoms with Crippen LogP contribution in [0.15, 0.2) is 47.4 Å². The van der Waals surface area contributed by atoms with Gasteiger partial charge in [-0.1, -0.05) is 12.1 Å². The third kappa shape index (κ3) is 5.49. The Kier molecular flexibility index (Phi) is 8.48. The van der Waals surface area contributed by atoms with Crippen LogP contribution in [0.4, 0.5) is 17.6 Å². The average Bonchev–Trinajstić information content (AvgIpc) is 3.73. The molecule has 0 N–H and O–H groups in total. The average molecular weight is 598 g/mol.